The number of aryl methyl sites for hydroxylation is 1. The number of ether oxygens (including phenoxy) is 2. The van der Waals surface area contributed by atoms with E-state index in [1.54, 1.807) is 23.0 Å². The molecule has 1 unspecified atom stereocenters. The summed E-state index contributed by atoms with van der Waals surface area (Å²) in [5, 5.41) is 17.5. The van der Waals surface area contributed by atoms with Gasteiger partial charge in [-0.2, -0.15) is 5.10 Å². The first kappa shape index (κ1) is 26.5. The summed E-state index contributed by atoms with van der Waals surface area (Å²) in [4.78, 5) is 33.3. The molecule has 5 aromatic rings. The van der Waals surface area contributed by atoms with Gasteiger partial charge in [-0.3, -0.25) is 9.59 Å². The summed E-state index contributed by atoms with van der Waals surface area (Å²) in [7, 11) is 0. The van der Waals surface area contributed by atoms with Crippen LogP contribution in [0.4, 0.5) is 0 Å². The van der Waals surface area contributed by atoms with E-state index in [1.165, 1.54) is 12.1 Å². The fourth-order valence-electron chi connectivity index (χ4n) is 5.75. The molecule has 10 nitrogen and oxygen atoms in total. The normalized spacial score (nSPS) is 16.5. The summed E-state index contributed by atoms with van der Waals surface area (Å²) < 4.78 is 13.8. The molecule has 0 spiro atoms. The number of phenols is 1. The molecule has 0 fully saturated rings. The number of phenolic OH excluding ortho intramolecular Hbond substituents is 1. The highest BCUT2D eigenvalue weighted by Gasteiger charge is 2.34. The van der Waals surface area contributed by atoms with Gasteiger partial charge in [0.1, 0.15) is 28.6 Å². The van der Waals surface area contributed by atoms with Gasteiger partial charge in [-0.1, -0.05) is 18.2 Å². The predicted molar refractivity (Wildman–Crippen MR) is 158 cm³/mol. The van der Waals surface area contributed by atoms with Crippen molar-refractivity contribution in [3.8, 4) is 23.0 Å². The van der Waals surface area contributed by atoms with Crippen molar-refractivity contribution in [3.63, 3.8) is 0 Å². The van der Waals surface area contributed by atoms with Gasteiger partial charge < -0.3 is 24.8 Å². The summed E-state index contributed by atoms with van der Waals surface area (Å²) in [5.74, 6) is 1.03. The van der Waals surface area contributed by atoms with E-state index >= 15 is 0 Å². The molecule has 10 heteroatoms. The van der Waals surface area contributed by atoms with Crippen LogP contribution in [0.15, 0.2) is 79.3 Å². The Hall–Kier alpha value is -5.38. The highest BCUT2D eigenvalue weighted by molar-refractivity contribution is 6.00. The van der Waals surface area contributed by atoms with E-state index in [4.69, 9.17) is 9.47 Å². The number of rotatable bonds is 1. The molecule has 0 saturated carbocycles. The number of fused-ring (bicyclic) bond motifs is 7. The fraction of sp³-hybridized carbons (Fsp3) is 0.212. The second kappa shape index (κ2) is 10.8. The Bertz CT molecular complexity index is 1880. The maximum absolute atomic E-state index is 14.2. The van der Waals surface area contributed by atoms with Crippen LogP contribution < -0.4 is 14.8 Å². The largest absolute Gasteiger partial charge is 0.507 e. The SMILES string of the molecule is Cc1cnc2c(C(=O)N3CCc4cc5ccc4C3c3cccc(c3)OCCCNC(=O)c3cc(ccc3O)O5)cnn2c1. The molecule has 3 aliphatic rings. The summed E-state index contributed by atoms with van der Waals surface area (Å²) in [6, 6.07) is 17.8. The number of amides is 2. The molecule has 2 aromatic heterocycles. The van der Waals surface area contributed by atoms with Crippen molar-refractivity contribution in [2.24, 2.45) is 0 Å². The van der Waals surface area contributed by atoms with Crippen molar-refractivity contribution in [3.05, 3.63) is 113 Å². The zero-order valence-electron chi connectivity index (χ0n) is 23.5. The number of nitrogens with zero attached hydrogens (tertiary/aromatic N) is 4. The van der Waals surface area contributed by atoms with E-state index < -0.39 is 0 Å². The molecule has 8 rings (SSSR count). The molecule has 43 heavy (non-hydrogen) atoms. The average molecular weight is 576 g/mol. The molecular formula is C33H29N5O5. The average Bonchev–Trinajstić information content (AvgIpc) is 3.43. The lowest BCUT2D eigenvalue weighted by Gasteiger charge is -2.38. The van der Waals surface area contributed by atoms with E-state index in [1.807, 2.05) is 60.5 Å². The third-order valence-electron chi connectivity index (χ3n) is 7.82. The Balaban J connectivity index is 1.31. The molecule has 0 saturated heterocycles. The number of aromatic nitrogens is 3. The van der Waals surface area contributed by atoms with Gasteiger partial charge >= 0.3 is 0 Å². The van der Waals surface area contributed by atoms with Gasteiger partial charge in [-0.05, 0) is 84.5 Å². The first-order valence-corrected chi connectivity index (χ1v) is 14.2. The van der Waals surface area contributed by atoms with Gasteiger partial charge in [0.25, 0.3) is 11.8 Å². The number of benzene rings is 3. The van der Waals surface area contributed by atoms with E-state index in [9.17, 15) is 14.7 Å². The molecule has 3 aromatic carbocycles. The maximum Gasteiger partial charge on any atom is 0.260 e. The number of carbonyl (C=O) groups is 2. The standard InChI is InChI=1S/C33H29N5O5/c1-20-17-35-31-28(18-36-38(31)19-20)33(41)37-12-10-21-14-24-6-8-26(21)30(37)22-4-2-5-23(15-22)42-13-3-11-34-32(40)27-16-25(43-24)7-9-29(27)39/h2,4-9,14-19,30,39H,3,10-13H2,1H3,(H,34,40). The van der Waals surface area contributed by atoms with Crippen LogP contribution >= 0.6 is 0 Å². The van der Waals surface area contributed by atoms with Gasteiger partial charge in [0.2, 0.25) is 0 Å². The molecule has 216 valence electrons. The first-order chi connectivity index (χ1) is 20.9. The highest BCUT2D eigenvalue weighted by Crippen LogP contribution is 2.40. The van der Waals surface area contributed by atoms with Gasteiger partial charge in [-0.15, -0.1) is 0 Å². The Morgan fingerprint density at radius 3 is 2.81 bits per heavy atom. The number of aromatic hydroxyl groups is 1. The molecule has 0 radical (unpaired) electrons. The van der Waals surface area contributed by atoms with E-state index in [0.717, 1.165) is 22.3 Å². The van der Waals surface area contributed by atoms with Crippen LogP contribution in [0.1, 0.15) is 55.4 Å². The molecule has 0 aliphatic carbocycles. The Kier molecular flexibility index (Phi) is 6.65. The van der Waals surface area contributed by atoms with Crippen molar-refractivity contribution in [2.45, 2.75) is 25.8 Å². The second-order valence-corrected chi connectivity index (χ2v) is 10.8. The molecule has 1 atom stereocenters. The van der Waals surface area contributed by atoms with Crippen LogP contribution in [-0.2, 0) is 6.42 Å². The van der Waals surface area contributed by atoms with Gasteiger partial charge in [0.15, 0.2) is 5.65 Å². The van der Waals surface area contributed by atoms with Gasteiger partial charge in [0.05, 0.1) is 24.4 Å². The molecule has 2 amide bonds. The quantitative estimate of drug-likeness (QED) is 0.294. The summed E-state index contributed by atoms with van der Waals surface area (Å²) in [6.45, 7) is 3.14. The summed E-state index contributed by atoms with van der Waals surface area (Å²) >= 11 is 0. The molecular weight excluding hydrogens is 546 g/mol. The minimum atomic E-state index is -0.388. The van der Waals surface area contributed by atoms with E-state index in [-0.39, 0.29) is 29.2 Å². The van der Waals surface area contributed by atoms with Crippen molar-refractivity contribution in [1.82, 2.24) is 24.8 Å². The van der Waals surface area contributed by atoms with E-state index in [0.29, 0.717) is 61.0 Å². The fourth-order valence-corrected chi connectivity index (χ4v) is 5.75. The monoisotopic (exact) mass is 575 g/mol. The van der Waals surface area contributed by atoms with Gasteiger partial charge in [0, 0.05) is 25.5 Å². The van der Waals surface area contributed by atoms with Crippen LogP contribution in [0.3, 0.4) is 0 Å². The number of nitrogens with one attached hydrogen (secondary N) is 1. The maximum atomic E-state index is 14.2. The van der Waals surface area contributed by atoms with Crippen molar-refractivity contribution >= 4 is 17.5 Å². The topological polar surface area (TPSA) is 118 Å². The number of hydrogen-bond donors (Lipinski definition) is 2. The Morgan fingerprint density at radius 2 is 1.91 bits per heavy atom. The molecule has 5 heterocycles. The number of hydrogen-bond acceptors (Lipinski definition) is 7. The minimum absolute atomic E-state index is 0.123. The molecule has 3 aliphatic heterocycles. The van der Waals surface area contributed by atoms with Crippen molar-refractivity contribution in [1.29, 1.82) is 0 Å². The number of carbonyl (C=O) groups excluding carboxylic acids is 2. The third-order valence-corrected chi connectivity index (χ3v) is 7.82. The second-order valence-electron chi connectivity index (χ2n) is 10.8. The Labute approximate surface area is 247 Å². The van der Waals surface area contributed by atoms with Crippen molar-refractivity contribution in [2.75, 3.05) is 19.7 Å². The highest BCUT2D eigenvalue weighted by atomic mass is 16.5. The molecule has 2 N–H and O–H groups in total. The predicted octanol–water partition coefficient (Wildman–Crippen LogP) is 4.84. The lowest BCUT2D eigenvalue weighted by Crippen LogP contribution is -2.40. The first-order valence-electron chi connectivity index (χ1n) is 14.2. The molecule has 8 bridgehead atoms. The third kappa shape index (κ3) is 5.01. The van der Waals surface area contributed by atoms with E-state index in [2.05, 4.69) is 15.4 Å². The van der Waals surface area contributed by atoms with Crippen LogP contribution in [0.2, 0.25) is 0 Å². The summed E-state index contributed by atoms with van der Waals surface area (Å²) in [5.41, 5.74) is 4.99. The minimum Gasteiger partial charge on any atom is -0.507 e. The van der Waals surface area contributed by atoms with Crippen LogP contribution in [0.5, 0.6) is 23.0 Å². The summed E-state index contributed by atoms with van der Waals surface area (Å²) in [6.07, 6.45) is 6.35. The van der Waals surface area contributed by atoms with Crippen LogP contribution in [-0.4, -0.2) is 56.1 Å². The Morgan fingerprint density at radius 1 is 1.05 bits per heavy atom. The smallest absolute Gasteiger partial charge is 0.260 e. The lowest BCUT2D eigenvalue weighted by molar-refractivity contribution is 0.0695. The zero-order chi connectivity index (χ0) is 29.5. The van der Waals surface area contributed by atoms with Crippen molar-refractivity contribution < 1.29 is 24.2 Å². The van der Waals surface area contributed by atoms with Crippen LogP contribution in [0, 0.1) is 6.92 Å². The van der Waals surface area contributed by atoms with Crippen LogP contribution in [0.25, 0.3) is 5.65 Å². The van der Waals surface area contributed by atoms with Gasteiger partial charge in [-0.25, -0.2) is 9.50 Å². The zero-order valence-corrected chi connectivity index (χ0v) is 23.5. The lowest BCUT2D eigenvalue weighted by atomic mass is 9.87.